The highest BCUT2D eigenvalue weighted by molar-refractivity contribution is 5.94. The highest BCUT2D eigenvalue weighted by Crippen LogP contribution is 2.24. The summed E-state index contributed by atoms with van der Waals surface area (Å²) in [6.45, 7) is 3.34. The van der Waals surface area contributed by atoms with Crippen molar-refractivity contribution in [1.29, 1.82) is 0 Å². The molecular formula is C16H16FN3O4. The molecular weight excluding hydrogens is 317 g/mol. The Balaban J connectivity index is 2.12. The number of hydrogen-bond acceptors (Lipinski definition) is 5. The molecule has 126 valence electrons. The number of anilines is 1. The average Bonchev–Trinajstić information content (AvgIpc) is 2.56. The highest BCUT2D eigenvalue weighted by Gasteiger charge is 2.20. The molecule has 0 unspecified atom stereocenters. The Morgan fingerprint density at radius 2 is 1.96 bits per heavy atom. The van der Waals surface area contributed by atoms with Gasteiger partial charge in [0.1, 0.15) is 11.5 Å². The van der Waals surface area contributed by atoms with Gasteiger partial charge in [0.25, 0.3) is 5.91 Å². The van der Waals surface area contributed by atoms with Crippen molar-refractivity contribution in [1.82, 2.24) is 4.98 Å². The van der Waals surface area contributed by atoms with Crippen molar-refractivity contribution >= 4 is 17.4 Å². The number of aromatic nitrogens is 1. The van der Waals surface area contributed by atoms with Gasteiger partial charge in [-0.05, 0) is 53.2 Å². The molecule has 8 heteroatoms. The lowest BCUT2D eigenvalue weighted by Crippen LogP contribution is -2.34. The van der Waals surface area contributed by atoms with Crippen molar-refractivity contribution in [2.24, 2.45) is 0 Å². The summed E-state index contributed by atoms with van der Waals surface area (Å²) in [6, 6.07) is 8.42. The fourth-order valence-corrected chi connectivity index (χ4v) is 2.12. The third kappa shape index (κ3) is 4.03. The van der Waals surface area contributed by atoms with Gasteiger partial charge in [-0.15, -0.1) is 0 Å². The molecule has 1 aromatic carbocycles. The van der Waals surface area contributed by atoms with Crippen molar-refractivity contribution in [2.45, 2.75) is 13.8 Å². The number of pyridine rings is 1. The van der Waals surface area contributed by atoms with Crippen LogP contribution < -0.4 is 9.64 Å². The smallest absolute Gasteiger partial charge is 0.406 e. The van der Waals surface area contributed by atoms with E-state index in [1.54, 1.807) is 19.9 Å². The normalized spacial score (nSPS) is 10.3. The lowest BCUT2D eigenvalue weighted by Gasteiger charge is -2.21. The van der Waals surface area contributed by atoms with E-state index < -0.39 is 29.1 Å². The number of amides is 1. The molecule has 7 nitrogen and oxygen atoms in total. The van der Waals surface area contributed by atoms with Gasteiger partial charge < -0.3 is 19.8 Å². The highest BCUT2D eigenvalue weighted by atomic mass is 19.1. The zero-order chi connectivity index (χ0) is 17.7. The summed E-state index contributed by atoms with van der Waals surface area (Å²) in [4.78, 5) is 27.8. The molecule has 0 saturated carbocycles. The maximum absolute atomic E-state index is 13.0. The van der Waals surface area contributed by atoms with Crippen LogP contribution in [0.4, 0.5) is 15.9 Å². The summed E-state index contributed by atoms with van der Waals surface area (Å²) in [5, 5.41) is 11.0. The molecule has 24 heavy (non-hydrogen) atoms. The first kappa shape index (κ1) is 17.3. The summed E-state index contributed by atoms with van der Waals surface area (Å²) in [5.74, 6) is -1.32. The molecule has 0 radical (unpaired) electrons. The number of ether oxygens (including phenoxy) is 1. The molecule has 1 aromatic heterocycles. The molecule has 0 aliphatic heterocycles. The molecule has 0 saturated heterocycles. The van der Waals surface area contributed by atoms with Gasteiger partial charge in [0, 0.05) is 19.2 Å². The summed E-state index contributed by atoms with van der Waals surface area (Å²) in [5.41, 5.74) is 0.992. The Hall–Kier alpha value is -3.03. The van der Waals surface area contributed by atoms with Gasteiger partial charge >= 0.3 is 5.82 Å². The minimum atomic E-state index is -0.662. The van der Waals surface area contributed by atoms with Crippen molar-refractivity contribution in [3.8, 4) is 5.75 Å². The molecule has 1 heterocycles. The number of aryl methyl sites for hydroxylation is 1. The molecule has 0 aliphatic rings. The van der Waals surface area contributed by atoms with Gasteiger partial charge in [0.2, 0.25) is 5.75 Å². The maximum Gasteiger partial charge on any atom is 0.406 e. The fraction of sp³-hybridized carbons (Fsp3) is 0.250. The van der Waals surface area contributed by atoms with Crippen LogP contribution in [0.25, 0.3) is 0 Å². The third-order valence-corrected chi connectivity index (χ3v) is 3.26. The van der Waals surface area contributed by atoms with Crippen LogP contribution in [0.1, 0.15) is 12.6 Å². The van der Waals surface area contributed by atoms with Crippen molar-refractivity contribution in [3.05, 3.63) is 58.0 Å². The quantitative estimate of drug-likeness (QED) is 0.599. The van der Waals surface area contributed by atoms with E-state index in [0.717, 1.165) is 0 Å². The van der Waals surface area contributed by atoms with Crippen LogP contribution in [0.5, 0.6) is 5.75 Å². The number of benzene rings is 1. The second-order valence-electron chi connectivity index (χ2n) is 4.93. The zero-order valence-corrected chi connectivity index (χ0v) is 13.2. The Morgan fingerprint density at radius 3 is 2.54 bits per heavy atom. The molecule has 0 N–H and O–H groups in total. The molecule has 1 amide bonds. The largest absolute Gasteiger partial charge is 0.476 e. The Morgan fingerprint density at radius 1 is 1.29 bits per heavy atom. The van der Waals surface area contributed by atoms with Gasteiger partial charge in [-0.25, -0.2) is 4.39 Å². The Labute approximate surface area is 137 Å². The summed E-state index contributed by atoms with van der Waals surface area (Å²) in [6.07, 6.45) is 0. The van der Waals surface area contributed by atoms with Gasteiger partial charge in [-0.1, -0.05) is 0 Å². The molecule has 0 aliphatic carbocycles. The van der Waals surface area contributed by atoms with Crippen LogP contribution in [0.2, 0.25) is 0 Å². The average molecular weight is 333 g/mol. The molecule has 2 rings (SSSR count). The Kier molecular flexibility index (Phi) is 5.41. The van der Waals surface area contributed by atoms with Crippen LogP contribution in [0, 0.1) is 22.9 Å². The van der Waals surface area contributed by atoms with E-state index in [-0.39, 0.29) is 5.75 Å². The standard InChI is InChI=1S/C16H16FN3O4/c1-3-19(13-7-5-12(17)6-8-13)15(21)10-24-14-9-4-11(2)18-16(14)20(22)23/h4-9H,3,10H2,1-2H3. The summed E-state index contributed by atoms with van der Waals surface area (Å²) < 4.78 is 18.3. The third-order valence-electron chi connectivity index (χ3n) is 3.26. The van der Waals surface area contributed by atoms with E-state index in [1.807, 2.05) is 0 Å². The van der Waals surface area contributed by atoms with Crippen molar-refractivity contribution in [2.75, 3.05) is 18.1 Å². The topological polar surface area (TPSA) is 85.6 Å². The van der Waals surface area contributed by atoms with E-state index in [1.165, 1.54) is 35.2 Å². The molecule has 0 spiro atoms. The number of nitrogens with zero attached hydrogens (tertiary/aromatic N) is 3. The monoisotopic (exact) mass is 333 g/mol. The van der Waals surface area contributed by atoms with E-state index in [0.29, 0.717) is 17.9 Å². The lowest BCUT2D eigenvalue weighted by molar-refractivity contribution is -0.390. The number of rotatable bonds is 6. The van der Waals surface area contributed by atoms with Gasteiger partial charge in [-0.3, -0.25) is 4.79 Å². The zero-order valence-electron chi connectivity index (χ0n) is 13.2. The minimum absolute atomic E-state index is 0.0749. The summed E-state index contributed by atoms with van der Waals surface area (Å²) in [7, 11) is 0. The minimum Gasteiger partial charge on any atom is -0.476 e. The summed E-state index contributed by atoms with van der Waals surface area (Å²) >= 11 is 0. The van der Waals surface area contributed by atoms with E-state index in [2.05, 4.69) is 4.98 Å². The number of carbonyl (C=O) groups is 1. The van der Waals surface area contributed by atoms with Gasteiger partial charge in [-0.2, -0.15) is 0 Å². The van der Waals surface area contributed by atoms with E-state index in [9.17, 15) is 19.3 Å². The number of halogens is 1. The molecule has 0 bridgehead atoms. The predicted octanol–water partition coefficient (Wildman–Crippen LogP) is 2.87. The first-order chi connectivity index (χ1) is 11.4. The predicted molar refractivity (Wildman–Crippen MR) is 85.6 cm³/mol. The van der Waals surface area contributed by atoms with Crippen LogP contribution in [-0.4, -0.2) is 29.0 Å². The van der Waals surface area contributed by atoms with E-state index in [4.69, 9.17) is 4.74 Å². The SMILES string of the molecule is CCN(C(=O)COc1ccc(C)nc1[N+](=O)[O-])c1ccc(F)cc1. The Bertz CT molecular complexity index is 749. The first-order valence-electron chi connectivity index (χ1n) is 7.23. The molecule has 0 atom stereocenters. The van der Waals surface area contributed by atoms with E-state index >= 15 is 0 Å². The number of likely N-dealkylation sites (N-methyl/N-ethyl adjacent to an activating group) is 1. The first-order valence-corrected chi connectivity index (χ1v) is 7.23. The van der Waals surface area contributed by atoms with Gasteiger partial charge in [0.15, 0.2) is 6.61 Å². The molecule has 0 fully saturated rings. The van der Waals surface area contributed by atoms with Crippen LogP contribution >= 0.6 is 0 Å². The second kappa shape index (κ2) is 7.49. The lowest BCUT2D eigenvalue weighted by atomic mass is 10.2. The number of carbonyl (C=O) groups excluding carboxylic acids is 1. The van der Waals surface area contributed by atoms with Crippen molar-refractivity contribution in [3.63, 3.8) is 0 Å². The van der Waals surface area contributed by atoms with Crippen LogP contribution in [0.15, 0.2) is 36.4 Å². The van der Waals surface area contributed by atoms with Crippen molar-refractivity contribution < 1.29 is 18.8 Å². The molecule has 2 aromatic rings. The van der Waals surface area contributed by atoms with Gasteiger partial charge in [0.05, 0.1) is 0 Å². The number of hydrogen-bond donors (Lipinski definition) is 0. The fourth-order valence-electron chi connectivity index (χ4n) is 2.12. The second-order valence-corrected chi connectivity index (χ2v) is 4.93. The number of nitro groups is 1. The van der Waals surface area contributed by atoms with Crippen LogP contribution in [-0.2, 0) is 4.79 Å². The maximum atomic E-state index is 13.0. The van der Waals surface area contributed by atoms with Crippen LogP contribution in [0.3, 0.4) is 0 Å².